The molecule has 1 unspecified atom stereocenters. The van der Waals surface area contributed by atoms with Crippen LogP contribution >= 0.6 is 11.8 Å². The largest absolute Gasteiger partial charge is 0.307 e. The highest BCUT2D eigenvalue weighted by molar-refractivity contribution is 8.00. The number of carbonyl (C=O) groups is 1. The third-order valence-electron chi connectivity index (χ3n) is 4.97. The van der Waals surface area contributed by atoms with Crippen molar-refractivity contribution in [1.29, 1.82) is 0 Å². The van der Waals surface area contributed by atoms with Crippen molar-refractivity contribution in [3.05, 3.63) is 54.1 Å². The summed E-state index contributed by atoms with van der Waals surface area (Å²) in [5.74, 6) is 0.0790. The minimum absolute atomic E-state index is 0.0874. The number of fused-ring (bicyclic) bond motifs is 1. The maximum atomic E-state index is 13.3. The molecule has 2 heterocycles. The van der Waals surface area contributed by atoms with Crippen molar-refractivity contribution in [1.82, 2.24) is 0 Å². The van der Waals surface area contributed by atoms with Gasteiger partial charge >= 0.3 is 0 Å². The van der Waals surface area contributed by atoms with Crippen molar-refractivity contribution < 1.29 is 13.2 Å². The summed E-state index contributed by atoms with van der Waals surface area (Å²) in [7, 11) is -3.26. The zero-order valence-corrected chi connectivity index (χ0v) is 16.8. The van der Waals surface area contributed by atoms with Crippen LogP contribution in [0.25, 0.3) is 0 Å². The van der Waals surface area contributed by atoms with Crippen LogP contribution < -0.4 is 9.21 Å². The van der Waals surface area contributed by atoms with E-state index in [0.717, 1.165) is 17.0 Å². The second-order valence-electron chi connectivity index (χ2n) is 6.93. The predicted octanol–water partition coefficient (Wildman–Crippen LogP) is 3.76. The van der Waals surface area contributed by atoms with Crippen molar-refractivity contribution in [2.75, 3.05) is 28.0 Å². The predicted molar refractivity (Wildman–Crippen MR) is 110 cm³/mol. The van der Waals surface area contributed by atoms with E-state index in [4.69, 9.17) is 0 Å². The van der Waals surface area contributed by atoms with Gasteiger partial charge in [-0.1, -0.05) is 25.1 Å². The first kappa shape index (κ1) is 18.4. The number of amides is 1. The number of rotatable bonds is 2. The lowest BCUT2D eigenvalue weighted by atomic mass is 10.1. The van der Waals surface area contributed by atoms with Gasteiger partial charge in [-0.15, -0.1) is 11.8 Å². The lowest BCUT2D eigenvalue weighted by Gasteiger charge is -2.23. The number of nitrogens with zero attached hydrogens (tertiary/aromatic N) is 2. The fraction of sp³-hybridized carbons (Fsp3) is 0.350. The number of thioether (sulfide) groups is 1. The molecular formula is C20H22N2O3S2. The topological polar surface area (TPSA) is 57.7 Å². The van der Waals surface area contributed by atoms with Gasteiger partial charge in [-0.3, -0.25) is 9.10 Å². The van der Waals surface area contributed by atoms with Gasteiger partial charge in [0.15, 0.2) is 0 Å². The van der Waals surface area contributed by atoms with Crippen LogP contribution in [0.2, 0.25) is 0 Å². The first-order valence-electron chi connectivity index (χ1n) is 9.14. The van der Waals surface area contributed by atoms with Crippen LogP contribution in [0.5, 0.6) is 0 Å². The molecule has 2 aliphatic heterocycles. The molecular weight excluding hydrogens is 380 g/mol. The van der Waals surface area contributed by atoms with Crippen molar-refractivity contribution in [2.24, 2.45) is 0 Å². The average Bonchev–Trinajstić information content (AvgIpc) is 2.92. The zero-order chi connectivity index (χ0) is 19.0. The van der Waals surface area contributed by atoms with Crippen molar-refractivity contribution in [2.45, 2.75) is 29.9 Å². The standard InChI is InChI=1S/C20H22N2O3S2/c1-15-10-12-21(18-8-2-3-9-19(18)26-15)20(23)16-6-4-7-17(14-16)22-11-5-13-27(22,24)25/h2-4,6-9,14-15H,5,10-13H2,1H3. The molecule has 2 aromatic rings. The normalized spacial score (nSPS) is 21.6. The van der Waals surface area contributed by atoms with E-state index in [2.05, 4.69) is 13.0 Å². The van der Waals surface area contributed by atoms with Crippen molar-refractivity contribution >= 4 is 39.1 Å². The molecule has 1 amide bonds. The molecule has 0 spiro atoms. The molecule has 1 saturated heterocycles. The third-order valence-corrected chi connectivity index (χ3v) is 8.08. The number of carbonyl (C=O) groups excluding carboxylic acids is 1. The Labute approximate surface area is 164 Å². The van der Waals surface area contributed by atoms with Crippen LogP contribution in [0.3, 0.4) is 0 Å². The number of hydrogen-bond donors (Lipinski definition) is 0. The number of hydrogen-bond acceptors (Lipinski definition) is 4. The molecule has 0 saturated carbocycles. The third kappa shape index (κ3) is 3.58. The molecule has 0 bridgehead atoms. The van der Waals surface area contributed by atoms with Gasteiger partial charge in [0.2, 0.25) is 10.0 Å². The molecule has 1 atom stereocenters. The highest BCUT2D eigenvalue weighted by Gasteiger charge is 2.30. The van der Waals surface area contributed by atoms with Crippen LogP contribution in [-0.2, 0) is 10.0 Å². The summed E-state index contributed by atoms with van der Waals surface area (Å²) in [6.07, 6.45) is 1.53. The van der Waals surface area contributed by atoms with E-state index in [9.17, 15) is 13.2 Å². The summed E-state index contributed by atoms with van der Waals surface area (Å²) in [5, 5.41) is 0.435. The first-order chi connectivity index (χ1) is 13.0. The van der Waals surface area contributed by atoms with Gasteiger partial charge in [0, 0.05) is 28.8 Å². The van der Waals surface area contributed by atoms with Gasteiger partial charge in [-0.05, 0) is 43.2 Å². The van der Waals surface area contributed by atoms with Crippen LogP contribution in [0.1, 0.15) is 30.1 Å². The number of para-hydroxylation sites is 1. The van der Waals surface area contributed by atoms with Gasteiger partial charge in [0.25, 0.3) is 5.91 Å². The summed E-state index contributed by atoms with van der Waals surface area (Å²) in [6.45, 7) is 3.30. The number of anilines is 2. The molecule has 2 aromatic carbocycles. The molecule has 1 fully saturated rings. The first-order valence-corrected chi connectivity index (χ1v) is 11.6. The van der Waals surface area contributed by atoms with Gasteiger partial charge in [-0.2, -0.15) is 0 Å². The smallest absolute Gasteiger partial charge is 0.258 e. The quantitative estimate of drug-likeness (QED) is 0.768. The summed E-state index contributed by atoms with van der Waals surface area (Å²) >= 11 is 1.79. The highest BCUT2D eigenvalue weighted by atomic mass is 32.2. The second-order valence-corrected chi connectivity index (χ2v) is 10.4. The average molecular weight is 403 g/mol. The van der Waals surface area contributed by atoms with E-state index in [1.165, 1.54) is 4.31 Å². The van der Waals surface area contributed by atoms with E-state index in [0.29, 0.717) is 36.0 Å². The van der Waals surface area contributed by atoms with E-state index < -0.39 is 10.0 Å². The lowest BCUT2D eigenvalue weighted by molar-refractivity contribution is 0.0986. The van der Waals surface area contributed by atoms with Gasteiger partial charge < -0.3 is 4.90 Å². The lowest BCUT2D eigenvalue weighted by Crippen LogP contribution is -2.32. The summed E-state index contributed by atoms with van der Waals surface area (Å²) in [4.78, 5) is 16.2. The fourth-order valence-corrected chi connectivity index (χ4v) is 6.25. The molecule has 4 rings (SSSR count). The Bertz CT molecular complexity index is 975. The maximum Gasteiger partial charge on any atom is 0.258 e. The summed E-state index contributed by atoms with van der Waals surface area (Å²) < 4.78 is 25.9. The molecule has 2 aliphatic rings. The monoisotopic (exact) mass is 402 g/mol. The molecule has 0 aliphatic carbocycles. The molecule has 0 aromatic heterocycles. The molecule has 142 valence electrons. The zero-order valence-electron chi connectivity index (χ0n) is 15.2. The summed E-state index contributed by atoms with van der Waals surface area (Å²) in [5.41, 5.74) is 2.02. The van der Waals surface area contributed by atoms with Crippen LogP contribution in [0.4, 0.5) is 11.4 Å². The number of sulfonamides is 1. The van der Waals surface area contributed by atoms with Gasteiger partial charge in [0.1, 0.15) is 0 Å². The minimum atomic E-state index is -3.26. The Morgan fingerprint density at radius 3 is 2.70 bits per heavy atom. The minimum Gasteiger partial charge on any atom is -0.307 e. The Hall–Kier alpha value is -1.99. The maximum absolute atomic E-state index is 13.3. The fourth-order valence-electron chi connectivity index (χ4n) is 3.58. The van der Waals surface area contributed by atoms with Gasteiger partial charge in [-0.25, -0.2) is 8.42 Å². The van der Waals surface area contributed by atoms with Crippen LogP contribution in [0.15, 0.2) is 53.4 Å². The highest BCUT2D eigenvalue weighted by Crippen LogP contribution is 2.38. The van der Waals surface area contributed by atoms with Crippen LogP contribution in [-0.4, -0.2) is 38.4 Å². The summed E-state index contributed by atoms with van der Waals surface area (Å²) in [6, 6.07) is 15.0. The van der Waals surface area contributed by atoms with E-state index in [1.54, 1.807) is 36.0 Å². The van der Waals surface area contributed by atoms with Crippen molar-refractivity contribution in [3.8, 4) is 0 Å². The van der Waals surface area contributed by atoms with Gasteiger partial charge in [0.05, 0.1) is 17.1 Å². The Balaban J connectivity index is 1.68. The molecule has 7 heteroatoms. The SMILES string of the molecule is CC1CCN(C(=O)c2cccc(N3CCCS3(=O)=O)c2)c2ccccc2S1. The van der Waals surface area contributed by atoms with E-state index in [1.807, 2.05) is 23.1 Å². The Kier molecular flexibility index (Phi) is 4.90. The number of benzene rings is 2. The molecule has 0 radical (unpaired) electrons. The molecule has 27 heavy (non-hydrogen) atoms. The van der Waals surface area contributed by atoms with E-state index >= 15 is 0 Å². The molecule has 0 N–H and O–H groups in total. The van der Waals surface area contributed by atoms with Crippen molar-refractivity contribution in [3.63, 3.8) is 0 Å². The second kappa shape index (κ2) is 7.20. The Morgan fingerprint density at radius 2 is 1.93 bits per heavy atom. The Morgan fingerprint density at radius 1 is 1.11 bits per heavy atom. The molecule has 5 nitrogen and oxygen atoms in total. The van der Waals surface area contributed by atoms with E-state index in [-0.39, 0.29) is 11.7 Å². The van der Waals surface area contributed by atoms with Crippen LogP contribution in [0, 0.1) is 0 Å².